The number of nitrogens with zero attached hydrogens (tertiary/aromatic N) is 4. The summed E-state index contributed by atoms with van der Waals surface area (Å²) >= 11 is 0. The minimum absolute atomic E-state index is 0.119. The largest absolute Gasteiger partial charge is 0.340 e. The molecule has 1 aliphatic heterocycles. The Morgan fingerprint density at radius 3 is 2.45 bits per heavy atom. The van der Waals surface area contributed by atoms with Crippen molar-refractivity contribution in [2.24, 2.45) is 5.92 Å². The van der Waals surface area contributed by atoms with E-state index in [1.807, 2.05) is 6.92 Å². The summed E-state index contributed by atoms with van der Waals surface area (Å²) in [4.78, 5) is 21.3. The predicted octanol–water partition coefficient (Wildman–Crippen LogP) is 2.16. The third kappa shape index (κ3) is 3.32. The molecule has 1 aliphatic carbocycles. The molecule has 0 N–H and O–H groups in total. The number of aromatic nitrogens is 2. The van der Waals surface area contributed by atoms with Crippen LogP contribution in [-0.2, 0) is 4.79 Å². The average molecular weight is 306 g/mol. The molecule has 1 amide bonds. The molecule has 1 aromatic heterocycles. The Kier molecular flexibility index (Phi) is 4.76. The Morgan fingerprint density at radius 2 is 1.86 bits per heavy atom. The van der Waals surface area contributed by atoms with Crippen LogP contribution in [-0.4, -0.2) is 52.0 Å². The maximum absolute atomic E-state index is 12.6. The molecule has 1 aromatic rings. The second-order valence-electron chi connectivity index (χ2n) is 6.55. The van der Waals surface area contributed by atoms with Gasteiger partial charge in [0.2, 0.25) is 11.8 Å². The van der Waals surface area contributed by atoms with Crippen LogP contribution in [0.5, 0.6) is 0 Å². The van der Waals surface area contributed by atoms with Crippen LogP contribution in [0, 0.1) is 12.8 Å². The third-order valence-electron chi connectivity index (χ3n) is 5.03. The Bertz CT molecular complexity index is 502. The molecular weight excluding hydrogens is 280 g/mol. The molecule has 0 radical (unpaired) electrons. The molecule has 0 bridgehead atoms. The van der Waals surface area contributed by atoms with Crippen LogP contribution >= 0.6 is 0 Å². The Balaban J connectivity index is 1.52. The van der Waals surface area contributed by atoms with Gasteiger partial charge in [-0.05, 0) is 26.7 Å². The molecule has 122 valence electrons. The van der Waals surface area contributed by atoms with Gasteiger partial charge in [0.05, 0.1) is 6.04 Å². The normalized spacial score (nSPS) is 22.7. The van der Waals surface area contributed by atoms with Gasteiger partial charge in [-0.25, -0.2) is 0 Å². The van der Waals surface area contributed by atoms with Gasteiger partial charge in [-0.15, -0.1) is 0 Å². The summed E-state index contributed by atoms with van der Waals surface area (Å²) in [7, 11) is 0. The Labute approximate surface area is 131 Å². The van der Waals surface area contributed by atoms with Crippen LogP contribution in [0.1, 0.15) is 56.8 Å². The van der Waals surface area contributed by atoms with Gasteiger partial charge >= 0.3 is 0 Å². The summed E-state index contributed by atoms with van der Waals surface area (Å²) in [5.41, 5.74) is 0. The van der Waals surface area contributed by atoms with Gasteiger partial charge in [0.15, 0.2) is 5.82 Å². The second-order valence-corrected chi connectivity index (χ2v) is 6.55. The van der Waals surface area contributed by atoms with Crippen molar-refractivity contribution in [3.8, 4) is 0 Å². The first-order chi connectivity index (χ1) is 10.6. The number of piperazine rings is 1. The lowest BCUT2D eigenvalue weighted by atomic mass is 9.88. The third-order valence-corrected chi connectivity index (χ3v) is 5.03. The van der Waals surface area contributed by atoms with Crippen molar-refractivity contribution in [2.75, 3.05) is 26.2 Å². The van der Waals surface area contributed by atoms with Gasteiger partial charge < -0.3 is 9.42 Å². The first-order valence-electron chi connectivity index (χ1n) is 8.48. The molecule has 2 fully saturated rings. The molecule has 0 aromatic carbocycles. The fourth-order valence-corrected chi connectivity index (χ4v) is 3.58. The highest BCUT2D eigenvalue weighted by atomic mass is 16.5. The molecule has 2 aliphatic rings. The first kappa shape index (κ1) is 15.5. The molecule has 1 atom stereocenters. The monoisotopic (exact) mass is 306 g/mol. The highest BCUT2D eigenvalue weighted by Crippen LogP contribution is 2.26. The van der Waals surface area contributed by atoms with E-state index < -0.39 is 0 Å². The second kappa shape index (κ2) is 6.77. The number of carbonyl (C=O) groups excluding carboxylic acids is 1. The smallest absolute Gasteiger partial charge is 0.243 e. The summed E-state index contributed by atoms with van der Waals surface area (Å²) in [5.74, 6) is 1.99. The van der Waals surface area contributed by atoms with Crippen molar-refractivity contribution in [1.82, 2.24) is 19.9 Å². The fourth-order valence-electron chi connectivity index (χ4n) is 3.58. The van der Waals surface area contributed by atoms with Crippen molar-refractivity contribution in [3.05, 3.63) is 11.7 Å². The lowest BCUT2D eigenvalue weighted by Gasteiger charge is -2.38. The van der Waals surface area contributed by atoms with E-state index in [1.165, 1.54) is 19.3 Å². The van der Waals surface area contributed by atoms with E-state index in [2.05, 4.69) is 26.9 Å². The molecule has 22 heavy (non-hydrogen) atoms. The van der Waals surface area contributed by atoms with Crippen molar-refractivity contribution in [2.45, 2.75) is 52.0 Å². The van der Waals surface area contributed by atoms with Crippen LogP contribution < -0.4 is 0 Å². The van der Waals surface area contributed by atoms with E-state index in [4.69, 9.17) is 4.52 Å². The van der Waals surface area contributed by atoms with E-state index >= 15 is 0 Å². The number of rotatable bonds is 3. The molecule has 6 heteroatoms. The van der Waals surface area contributed by atoms with Crippen LogP contribution in [0.2, 0.25) is 0 Å². The number of amides is 1. The molecule has 1 unspecified atom stereocenters. The maximum Gasteiger partial charge on any atom is 0.243 e. The topological polar surface area (TPSA) is 62.5 Å². The first-order valence-corrected chi connectivity index (χ1v) is 8.48. The zero-order valence-electron chi connectivity index (χ0n) is 13.6. The van der Waals surface area contributed by atoms with Gasteiger partial charge in [0.25, 0.3) is 0 Å². The van der Waals surface area contributed by atoms with E-state index in [0.29, 0.717) is 17.6 Å². The molecular formula is C16H26N4O2. The standard InChI is InChI=1S/C16H26N4O2/c1-12(15-17-13(2)18-22-15)19-8-10-20(11-9-19)16(21)14-6-4-3-5-7-14/h12,14H,3-11H2,1-2H3. The van der Waals surface area contributed by atoms with Gasteiger partial charge in [0.1, 0.15) is 0 Å². The van der Waals surface area contributed by atoms with Gasteiger partial charge in [-0.3, -0.25) is 9.69 Å². The van der Waals surface area contributed by atoms with Gasteiger partial charge in [0, 0.05) is 32.1 Å². The molecule has 1 saturated carbocycles. The molecule has 0 spiro atoms. The zero-order valence-corrected chi connectivity index (χ0v) is 13.6. The Hall–Kier alpha value is -1.43. The van der Waals surface area contributed by atoms with Crippen molar-refractivity contribution >= 4 is 5.91 Å². The van der Waals surface area contributed by atoms with Crippen LogP contribution in [0.3, 0.4) is 0 Å². The quantitative estimate of drug-likeness (QED) is 0.856. The summed E-state index contributed by atoms with van der Waals surface area (Å²) in [5, 5.41) is 3.86. The average Bonchev–Trinajstić information content (AvgIpc) is 3.01. The summed E-state index contributed by atoms with van der Waals surface area (Å²) < 4.78 is 5.27. The highest BCUT2D eigenvalue weighted by molar-refractivity contribution is 5.79. The van der Waals surface area contributed by atoms with Crippen molar-refractivity contribution in [1.29, 1.82) is 0 Å². The molecule has 2 heterocycles. The molecule has 1 saturated heterocycles. The van der Waals surface area contributed by atoms with E-state index in [0.717, 1.165) is 39.0 Å². The number of hydrogen-bond donors (Lipinski definition) is 0. The number of aryl methyl sites for hydroxylation is 1. The van der Waals surface area contributed by atoms with Crippen molar-refractivity contribution < 1.29 is 9.32 Å². The number of hydrogen-bond acceptors (Lipinski definition) is 5. The minimum Gasteiger partial charge on any atom is -0.340 e. The Morgan fingerprint density at radius 1 is 1.18 bits per heavy atom. The SMILES string of the molecule is Cc1noc(C(C)N2CCN(C(=O)C3CCCCC3)CC2)n1. The fraction of sp³-hybridized carbons (Fsp3) is 0.812. The highest BCUT2D eigenvalue weighted by Gasteiger charge is 2.30. The summed E-state index contributed by atoms with van der Waals surface area (Å²) in [6.07, 6.45) is 5.87. The van der Waals surface area contributed by atoms with Crippen LogP contribution in [0.4, 0.5) is 0 Å². The van der Waals surface area contributed by atoms with Crippen molar-refractivity contribution in [3.63, 3.8) is 0 Å². The molecule has 6 nitrogen and oxygen atoms in total. The predicted molar refractivity (Wildman–Crippen MR) is 82.2 cm³/mol. The van der Waals surface area contributed by atoms with E-state index in [9.17, 15) is 4.79 Å². The lowest BCUT2D eigenvalue weighted by Crippen LogP contribution is -2.51. The van der Waals surface area contributed by atoms with E-state index in [-0.39, 0.29) is 12.0 Å². The van der Waals surface area contributed by atoms with E-state index in [1.54, 1.807) is 0 Å². The summed E-state index contributed by atoms with van der Waals surface area (Å²) in [6, 6.07) is 0.119. The van der Waals surface area contributed by atoms with Crippen LogP contribution in [0.15, 0.2) is 4.52 Å². The number of carbonyl (C=O) groups is 1. The van der Waals surface area contributed by atoms with Gasteiger partial charge in [-0.2, -0.15) is 4.98 Å². The summed E-state index contributed by atoms with van der Waals surface area (Å²) in [6.45, 7) is 7.30. The van der Waals surface area contributed by atoms with Gasteiger partial charge in [-0.1, -0.05) is 24.4 Å². The zero-order chi connectivity index (χ0) is 15.5. The minimum atomic E-state index is 0.119. The lowest BCUT2D eigenvalue weighted by molar-refractivity contribution is -0.138. The van der Waals surface area contributed by atoms with Crippen LogP contribution in [0.25, 0.3) is 0 Å². The maximum atomic E-state index is 12.6. The molecule has 3 rings (SSSR count).